The Labute approximate surface area is 176 Å². The lowest BCUT2D eigenvalue weighted by molar-refractivity contribution is 0.408. The molecule has 0 aliphatic carbocycles. The van der Waals surface area contributed by atoms with Crippen LogP contribution in [0.3, 0.4) is 0 Å². The van der Waals surface area contributed by atoms with Crippen LogP contribution in [0.15, 0.2) is 36.5 Å². The van der Waals surface area contributed by atoms with Crippen molar-refractivity contribution >= 4 is 12.2 Å². The summed E-state index contributed by atoms with van der Waals surface area (Å²) in [7, 11) is 1.55. The Bertz CT molecular complexity index is 1070. The van der Waals surface area contributed by atoms with Crippen LogP contribution in [0.1, 0.15) is 50.7 Å². The number of aromatic amines is 1. The van der Waals surface area contributed by atoms with E-state index in [0.717, 1.165) is 22.3 Å². The quantitative estimate of drug-likeness (QED) is 0.440. The third-order valence-electron chi connectivity index (χ3n) is 5.01. The monoisotopic (exact) mass is 410 g/mol. The minimum Gasteiger partial charge on any atom is -0.507 e. The molecule has 3 N–H and O–H groups in total. The molecule has 0 radical (unpaired) electrons. The predicted molar refractivity (Wildman–Crippen MR) is 118 cm³/mol. The summed E-state index contributed by atoms with van der Waals surface area (Å²) in [6.45, 7) is 8.21. The SMILES string of the molecule is COc1ccc(-c2[nH]c(=S)ncc2-c2cc(C(C)C)c(O)c(C(C)C)c2)c(O)c1. The minimum atomic E-state index is 0.0781. The fraction of sp³-hybridized carbons (Fsp3) is 0.304. The highest BCUT2D eigenvalue weighted by atomic mass is 32.1. The van der Waals surface area contributed by atoms with Crippen molar-refractivity contribution in [2.24, 2.45) is 0 Å². The van der Waals surface area contributed by atoms with E-state index in [2.05, 4.69) is 37.7 Å². The zero-order valence-corrected chi connectivity index (χ0v) is 18.1. The smallest absolute Gasteiger partial charge is 0.197 e. The summed E-state index contributed by atoms with van der Waals surface area (Å²) in [6, 6.07) is 9.08. The van der Waals surface area contributed by atoms with Gasteiger partial charge >= 0.3 is 0 Å². The molecule has 29 heavy (non-hydrogen) atoms. The highest BCUT2D eigenvalue weighted by Gasteiger charge is 2.19. The van der Waals surface area contributed by atoms with E-state index in [4.69, 9.17) is 17.0 Å². The van der Waals surface area contributed by atoms with E-state index >= 15 is 0 Å². The number of hydrogen-bond acceptors (Lipinski definition) is 5. The lowest BCUT2D eigenvalue weighted by Crippen LogP contribution is -1.99. The minimum absolute atomic E-state index is 0.0781. The predicted octanol–water partition coefficient (Wildman–Crippen LogP) is 6.14. The molecule has 5 nitrogen and oxygen atoms in total. The third kappa shape index (κ3) is 4.12. The summed E-state index contributed by atoms with van der Waals surface area (Å²) in [4.78, 5) is 7.39. The van der Waals surface area contributed by atoms with Gasteiger partial charge in [0.2, 0.25) is 0 Å². The molecule has 3 rings (SSSR count). The normalized spacial score (nSPS) is 11.3. The Kier molecular flexibility index (Phi) is 5.94. The van der Waals surface area contributed by atoms with Crippen LogP contribution in [-0.2, 0) is 0 Å². The molecule has 152 valence electrons. The number of aromatic hydroxyl groups is 2. The van der Waals surface area contributed by atoms with Crippen LogP contribution in [0.5, 0.6) is 17.2 Å². The fourth-order valence-corrected chi connectivity index (χ4v) is 3.55. The Morgan fingerprint density at radius 3 is 2.10 bits per heavy atom. The van der Waals surface area contributed by atoms with Crippen molar-refractivity contribution in [3.8, 4) is 39.6 Å². The Morgan fingerprint density at radius 2 is 1.59 bits per heavy atom. The van der Waals surface area contributed by atoms with Crippen LogP contribution in [0, 0.1) is 4.77 Å². The van der Waals surface area contributed by atoms with Crippen molar-refractivity contribution < 1.29 is 14.9 Å². The van der Waals surface area contributed by atoms with Crippen LogP contribution in [0.2, 0.25) is 0 Å². The first-order valence-electron chi connectivity index (χ1n) is 9.56. The van der Waals surface area contributed by atoms with E-state index < -0.39 is 0 Å². The molecular weight excluding hydrogens is 384 g/mol. The van der Waals surface area contributed by atoms with Crippen LogP contribution in [-0.4, -0.2) is 27.3 Å². The molecule has 0 bridgehead atoms. The van der Waals surface area contributed by atoms with Gasteiger partial charge in [0.25, 0.3) is 0 Å². The zero-order valence-electron chi connectivity index (χ0n) is 17.3. The first-order chi connectivity index (χ1) is 13.7. The number of phenols is 2. The number of ether oxygens (including phenoxy) is 1. The van der Waals surface area contributed by atoms with Gasteiger partial charge in [-0.1, -0.05) is 27.7 Å². The summed E-state index contributed by atoms with van der Waals surface area (Å²) < 4.78 is 5.52. The number of benzene rings is 2. The van der Waals surface area contributed by atoms with Crippen LogP contribution in [0.4, 0.5) is 0 Å². The number of hydrogen-bond donors (Lipinski definition) is 3. The molecule has 0 aliphatic rings. The molecule has 0 spiro atoms. The number of methoxy groups -OCH3 is 1. The Balaban J connectivity index is 2.30. The number of rotatable bonds is 5. The lowest BCUT2D eigenvalue weighted by atomic mass is 9.89. The van der Waals surface area contributed by atoms with Gasteiger partial charge in [-0.25, -0.2) is 4.98 Å². The second kappa shape index (κ2) is 8.25. The van der Waals surface area contributed by atoms with E-state index in [1.165, 1.54) is 0 Å². The molecule has 0 aliphatic heterocycles. The molecule has 0 fully saturated rings. The number of phenolic OH excluding ortho intramolecular Hbond substituents is 2. The Hall–Kier alpha value is -2.86. The molecule has 2 aromatic carbocycles. The molecule has 0 saturated carbocycles. The van der Waals surface area contributed by atoms with Crippen molar-refractivity contribution in [1.29, 1.82) is 0 Å². The third-order valence-corrected chi connectivity index (χ3v) is 5.22. The van der Waals surface area contributed by atoms with Crippen LogP contribution in [0.25, 0.3) is 22.4 Å². The van der Waals surface area contributed by atoms with Gasteiger partial charge in [-0.2, -0.15) is 0 Å². The molecule has 0 atom stereocenters. The van der Waals surface area contributed by atoms with Gasteiger partial charge in [0.1, 0.15) is 17.2 Å². The van der Waals surface area contributed by atoms with Crippen molar-refractivity contribution in [3.63, 3.8) is 0 Å². The first kappa shape index (κ1) is 20.9. The zero-order chi connectivity index (χ0) is 21.3. The van der Waals surface area contributed by atoms with E-state index in [1.54, 1.807) is 31.5 Å². The van der Waals surface area contributed by atoms with Crippen molar-refractivity contribution in [3.05, 3.63) is 52.4 Å². The van der Waals surface area contributed by atoms with Crippen molar-refractivity contribution in [2.75, 3.05) is 7.11 Å². The van der Waals surface area contributed by atoms with E-state index in [1.807, 2.05) is 12.1 Å². The van der Waals surface area contributed by atoms with Gasteiger partial charge < -0.3 is 19.9 Å². The van der Waals surface area contributed by atoms with Gasteiger partial charge in [0.15, 0.2) is 4.77 Å². The number of nitrogens with one attached hydrogen (secondary N) is 1. The first-order valence-corrected chi connectivity index (χ1v) is 9.97. The second-order valence-corrected chi connectivity index (χ2v) is 8.06. The fourth-order valence-electron chi connectivity index (χ4n) is 3.39. The average Bonchev–Trinajstić information content (AvgIpc) is 2.67. The highest BCUT2D eigenvalue weighted by molar-refractivity contribution is 7.71. The standard InChI is InChI=1S/C23H26N2O3S/c1-12(2)17-8-14(9-18(13(3)4)22(17)27)19-11-24-23(29)25-21(19)16-7-6-15(28-5)10-20(16)26/h6-13,26-27H,1-5H3,(H,24,25,29). The maximum atomic E-state index is 10.7. The lowest BCUT2D eigenvalue weighted by Gasteiger charge is -2.19. The maximum absolute atomic E-state index is 10.7. The van der Waals surface area contributed by atoms with Gasteiger partial charge in [-0.3, -0.25) is 0 Å². The van der Waals surface area contributed by atoms with Crippen molar-refractivity contribution in [1.82, 2.24) is 9.97 Å². The van der Waals surface area contributed by atoms with Gasteiger partial charge in [-0.15, -0.1) is 0 Å². The summed E-state index contributed by atoms with van der Waals surface area (Å²) in [5.74, 6) is 1.29. The van der Waals surface area contributed by atoms with Gasteiger partial charge in [-0.05, 0) is 65.0 Å². The van der Waals surface area contributed by atoms with E-state index in [-0.39, 0.29) is 17.6 Å². The highest BCUT2D eigenvalue weighted by Crippen LogP contribution is 2.41. The summed E-state index contributed by atoms with van der Waals surface area (Å²) in [5, 5.41) is 21.3. The molecule has 3 aromatic rings. The average molecular weight is 411 g/mol. The maximum Gasteiger partial charge on any atom is 0.197 e. The van der Waals surface area contributed by atoms with Gasteiger partial charge in [0.05, 0.1) is 12.8 Å². The number of nitrogens with zero attached hydrogens (tertiary/aromatic N) is 1. The summed E-state index contributed by atoms with van der Waals surface area (Å²) >= 11 is 5.24. The molecule has 0 amide bonds. The summed E-state index contributed by atoms with van der Waals surface area (Å²) in [6.07, 6.45) is 1.71. The van der Waals surface area contributed by atoms with Crippen LogP contribution < -0.4 is 4.74 Å². The number of H-pyrrole nitrogens is 1. The number of aromatic nitrogens is 2. The van der Waals surface area contributed by atoms with Crippen molar-refractivity contribution in [2.45, 2.75) is 39.5 Å². The second-order valence-electron chi connectivity index (χ2n) is 7.67. The summed E-state index contributed by atoms with van der Waals surface area (Å²) in [5.41, 5.74) is 4.71. The van der Waals surface area contributed by atoms with Crippen LogP contribution >= 0.6 is 12.2 Å². The molecule has 1 heterocycles. The molecular formula is C23H26N2O3S. The topological polar surface area (TPSA) is 78.4 Å². The Morgan fingerprint density at radius 1 is 0.966 bits per heavy atom. The largest absolute Gasteiger partial charge is 0.507 e. The van der Waals surface area contributed by atoms with E-state index in [0.29, 0.717) is 27.5 Å². The van der Waals surface area contributed by atoms with E-state index in [9.17, 15) is 10.2 Å². The molecule has 1 aromatic heterocycles. The molecule has 0 saturated heterocycles. The van der Waals surface area contributed by atoms with Gasteiger partial charge in [0, 0.05) is 23.4 Å². The molecule has 6 heteroatoms. The molecule has 0 unspecified atom stereocenters.